The molecule has 0 N–H and O–H groups in total. The largest absolute Gasteiger partial charge is 0.294 e. The summed E-state index contributed by atoms with van der Waals surface area (Å²) in [5, 5.41) is 2.54. The number of pyridine rings is 1. The number of hydrogen-bond acceptors (Lipinski definition) is 6. The maximum atomic E-state index is 13.3. The van der Waals surface area contributed by atoms with Crippen LogP contribution in [-0.4, -0.2) is 30.7 Å². The molecule has 8 heteroatoms. The van der Waals surface area contributed by atoms with Crippen LogP contribution in [0.1, 0.15) is 20.9 Å². The number of Topliss-reactive ketones (excluding diaryl/α,β-unsaturated/α-hetero) is 1. The first-order chi connectivity index (χ1) is 15.5. The summed E-state index contributed by atoms with van der Waals surface area (Å²) in [5.41, 5.74) is 3.54. The molecule has 0 saturated carbocycles. The Morgan fingerprint density at radius 3 is 2.69 bits per heavy atom. The standard InChI is InChI=1S/C24H19N3O3S2/c28-23(15-24-26-21(16-31-24)20-9-3-4-12-25-20)18-7-5-8-19(14-18)32(29,30)27-13-11-17-6-1-2-10-22(17)27/h1-10,12,14,16H,11,13,15H2. The predicted molar refractivity (Wildman–Crippen MR) is 124 cm³/mol. The molecule has 6 nitrogen and oxygen atoms in total. The Kier molecular flexibility index (Phi) is 5.32. The summed E-state index contributed by atoms with van der Waals surface area (Å²) in [4.78, 5) is 21.8. The van der Waals surface area contributed by atoms with Gasteiger partial charge in [0.2, 0.25) is 0 Å². The number of fused-ring (bicyclic) bond motifs is 1. The van der Waals surface area contributed by atoms with E-state index in [1.807, 2.05) is 47.8 Å². The first-order valence-electron chi connectivity index (χ1n) is 10.1. The predicted octanol–water partition coefficient (Wildman–Crippen LogP) is 4.38. The Balaban J connectivity index is 1.37. The fourth-order valence-electron chi connectivity index (χ4n) is 3.78. The van der Waals surface area contributed by atoms with Gasteiger partial charge in [0, 0.05) is 23.7 Å². The van der Waals surface area contributed by atoms with E-state index in [0.717, 1.165) is 17.0 Å². The first kappa shape index (κ1) is 20.5. The molecule has 32 heavy (non-hydrogen) atoms. The fraction of sp³-hybridized carbons (Fsp3) is 0.125. The van der Waals surface area contributed by atoms with Crippen molar-refractivity contribution in [3.05, 3.63) is 94.4 Å². The number of para-hydroxylation sites is 1. The minimum absolute atomic E-state index is 0.105. The molecule has 0 atom stereocenters. The van der Waals surface area contributed by atoms with Gasteiger partial charge >= 0.3 is 0 Å². The Morgan fingerprint density at radius 2 is 1.84 bits per heavy atom. The Labute approximate surface area is 190 Å². The molecule has 2 aromatic carbocycles. The van der Waals surface area contributed by atoms with Gasteiger partial charge in [0.1, 0.15) is 5.01 Å². The van der Waals surface area contributed by atoms with Gasteiger partial charge in [-0.25, -0.2) is 13.4 Å². The number of sulfonamides is 1. The Morgan fingerprint density at radius 1 is 1.00 bits per heavy atom. The monoisotopic (exact) mass is 461 g/mol. The van der Waals surface area contributed by atoms with Crippen molar-refractivity contribution in [1.82, 2.24) is 9.97 Å². The average Bonchev–Trinajstić information content (AvgIpc) is 3.47. The van der Waals surface area contributed by atoms with Crippen molar-refractivity contribution in [2.75, 3.05) is 10.8 Å². The third-order valence-electron chi connectivity index (χ3n) is 5.38. The van der Waals surface area contributed by atoms with Crippen molar-refractivity contribution >= 4 is 32.8 Å². The van der Waals surface area contributed by atoms with E-state index in [9.17, 15) is 13.2 Å². The summed E-state index contributed by atoms with van der Waals surface area (Å²) < 4.78 is 28.0. The van der Waals surface area contributed by atoms with Crippen LogP contribution in [0.5, 0.6) is 0 Å². The quantitative estimate of drug-likeness (QED) is 0.398. The van der Waals surface area contributed by atoms with E-state index in [1.165, 1.54) is 27.8 Å². The molecule has 0 fully saturated rings. The lowest BCUT2D eigenvalue weighted by Gasteiger charge is -2.19. The van der Waals surface area contributed by atoms with Gasteiger partial charge in [-0.3, -0.25) is 14.1 Å². The van der Waals surface area contributed by atoms with E-state index in [4.69, 9.17) is 0 Å². The van der Waals surface area contributed by atoms with Crippen LogP contribution in [0.2, 0.25) is 0 Å². The van der Waals surface area contributed by atoms with Gasteiger partial charge in [-0.15, -0.1) is 11.3 Å². The highest BCUT2D eigenvalue weighted by molar-refractivity contribution is 7.92. The number of anilines is 1. The SMILES string of the molecule is O=C(Cc1nc(-c2ccccn2)cs1)c1cccc(S(=O)(=O)N2CCc3ccccc32)c1. The minimum Gasteiger partial charge on any atom is -0.294 e. The molecule has 160 valence electrons. The summed E-state index contributed by atoms with van der Waals surface area (Å²) in [5.74, 6) is -0.175. The van der Waals surface area contributed by atoms with Gasteiger partial charge in [-0.2, -0.15) is 0 Å². The average molecular weight is 462 g/mol. The second kappa shape index (κ2) is 8.29. The third-order valence-corrected chi connectivity index (χ3v) is 8.04. The van der Waals surface area contributed by atoms with E-state index < -0.39 is 10.0 Å². The number of aromatic nitrogens is 2. The smallest absolute Gasteiger partial charge is 0.264 e. The number of ketones is 1. The molecule has 0 aliphatic carbocycles. The molecule has 2 aromatic heterocycles. The van der Waals surface area contributed by atoms with E-state index in [1.54, 1.807) is 18.3 Å². The van der Waals surface area contributed by atoms with Crippen LogP contribution in [-0.2, 0) is 22.9 Å². The molecule has 1 aliphatic rings. The number of hydrogen-bond donors (Lipinski definition) is 0. The van der Waals surface area contributed by atoms with Crippen molar-refractivity contribution in [2.45, 2.75) is 17.7 Å². The van der Waals surface area contributed by atoms with Crippen LogP contribution in [0.25, 0.3) is 11.4 Å². The lowest BCUT2D eigenvalue weighted by molar-refractivity contribution is 0.0992. The summed E-state index contributed by atoms with van der Waals surface area (Å²) in [7, 11) is -3.75. The van der Waals surface area contributed by atoms with E-state index >= 15 is 0 Å². The number of carbonyl (C=O) groups is 1. The molecule has 4 aromatic rings. The van der Waals surface area contributed by atoms with Crippen molar-refractivity contribution in [3.8, 4) is 11.4 Å². The van der Waals surface area contributed by atoms with Crippen LogP contribution >= 0.6 is 11.3 Å². The summed E-state index contributed by atoms with van der Waals surface area (Å²) in [6.45, 7) is 0.398. The van der Waals surface area contributed by atoms with E-state index in [0.29, 0.717) is 29.2 Å². The molecule has 0 amide bonds. The van der Waals surface area contributed by atoms with Gasteiger partial charge < -0.3 is 0 Å². The van der Waals surface area contributed by atoms with Crippen LogP contribution < -0.4 is 4.31 Å². The summed E-state index contributed by atoms with van der Waals surface area (Å²) >= 11 is 1.39. The number of benzene rings is 2. The fourth-order valence-corrected chi connectivity index (χ4v) is 6.11. The van der Waals surface area contributed by atoms with Gasteiger partial charge in [-0.05, 0) is 42.3 Å². The van der Waals surface area contributed by atoms with E-state index in [2.05, 4.69) is 9.97 Å². The zero-order valence-corrected chi connectivity index (χ0v) is 18.6. The lowest BCUT2D eigenvalue weighted by Crippen LogP contribution is -2.29. The van der Waals surface area contributed by atoms with Crippen LogP contribution in [0.3, 0.4) is 0 Å². The number of rotatable bonds is 6. The highest BCUT2D eigenvalue weighted by atomic mass is 32.2. The third kappa shape index (κ3) is 3.83. The topological polar surface area (TPSA) is 80.2 Å². The molecule has 0 saturated heterocycles. The van der Waals surface area contributed by atoms with E-state index in [-0.39, 0.29) is 17.1 Å². The highest BCUT2D eigenvalue weighted by Crippen LogP contribution is 2.33. The van der Waals surface area contributed by atoms with Crippen LogP contribution in [0, 0.1) is 0 Å². The minimum atomic E-state index is -3.75. The molecule has 0 bridgehead atoms. The molecule has 0 unspecified atom stereocenters. The first-order valence-corrected chi connectivity index (χ1v) is 12.4. The Bertz CT molecular complexity index is 1400. The molecular formula is C24H19N3O3S2. The number of carbonyl (C=O) groups excluding carboxylic acids is 1. The Hall–Kier alpha value is -3.36. The van der Waals surface area contributed by atoms with Crippen molar-refractivity contribution in [3.63, 3.8) is 0 Å². The number of thiazole rings is 1. The maximum absolute atomic E-state index is 13.3. The zero-order valence-electron chi connectivity index (χ0n) is 17.0. The van der Waals surface area contributed by atoms with Crippen molar-refractivity contribution < 1.29 is 13.2 Å². The lowest BCUT2D eigenvalue weighted by atomic mass is 10.1. The van der Waals surface area contributed by atoms with Gasteiger partial charge in [0.15, 0.2) is 5.78 Å². The second-order valence-corrected chi connectivity index (χ2v) is 10.2. The molecule has 0 spiro atoms. The molecular weight excluding hydrogens is 442 g/mol. The van der Waals surface area contributed by atoms with Crippen molar-refractivity contribution in [2.24, 2.45) is 0 Å². The van der Waals surface area contributed by atoms with Gasteiger partial charge in [-0.1, -0.05) is 36.4 Å². The zero-order chi connectivity index (χ0) is 22.1. The highest BCUT2D eigenvalue weighted by Gasteiger charge is 2.31. The maximum Gasteiger partial charge on any atom is 0.264 e. The van der Waals surface area contributed by atoms with Gasteiger partial charge in [0.25, 0.3) is 10.0 Å². The molecule has 5 rings (SSSR count). The normalized spacial score (nSPS) is 13.2. The summed E-state index contributed by atoms with van der Waals surface area (Å²) in [6.07, 6.45) is 2.48. The molecule has 3 heterocycles. The van der Waals surface area contributed by atoms with Crippen LogP contribution in [0.15, 0.2) is 83.2 Å². The molecule has 0 radical (unpaired) electrons. The van der Waals surface area contributed by atoms with Crippen molar-refractivity contribution in [1.29, 1.82) is 0 Å². The van der Waals surface area contributed by atoms with Gasteiger partial charge in [0.05, 0.1) is 28.4 Å². The summed E-state index contributed by atoms with van der Waals surface area (Å²) in [6, 6.07) is 19.3. The second-order valence-electron chi connectivity index (χ2n) is 7.43. The molecule has 1 aliphatic heterocycles. The number of nitrogens with zero attached hydrogens (tertiary/aromatic N) is 3. The van der Waals surface area contributed by atoms with Crippen LogP contribution in [0.4, 0.5) is 5.69 Å².